The zero-order chi connectivity index (χ0) is 12.1. The van der Waals surface area contributed by atoms with E-state index in [4.69, 9.17) is 15.7 Å². The van der Waals surface area contributed by atoms with Crippen molar-refractivity contribution >= 4 is 11.9 Å². The van der Waals surface area contributed by atoms with Gasteiger partial charge in [0.15, 0.2) is 0 Å². The van der Waals surface area contributed by atoms with Crippen LogP contribution >= 0.6 is 0 Å². The first-order valence-electron chi connectivity index (χ1n) is 4.73. The second-order valence-corrected chi connectivity index (χ2v) is 3.30. The normalized spacial score (nSPS) is 11.6. The minimum absolute atomic E-state index is 0.00324. The number of anilines is 2. The Labute approximate surface area is 93.9 Å². The zero-order valence-electron chi connectivity index (χ0n) is 9.51. The number of methoxy groups -OCH3 is 1. The Morgan fingerprint density at radius 3 is 2.75 bits per heavy atom. The van der Waals surface area contributed by atoms with Gasteiger partial charge in [0.1, 0.15) is 0 Å². The summed E-state index contributed by atoms with van der Waals surface area (Å²) in [6.45, 7) is 1.90. The van der Waals surface area contributed by atoms with Gasteiger partial charge in [-0.05, 0) is 6.92 Å². The summed E-state index contributed by atoms with van der Waals surface area (Å²) in [6, 6.07) is 2.25. The van der Waals surface area contributed by atoms with Crippen molar-refractivity contribution in [3.8, 4) is 12.1 Å². The number of rotatable bonds is 4. The van der Waals surface area contributed by atoms with Crippen LogP contribution in [0.3, 0.4) is 0 Å². The number of nitrogens with zero attached hydrogens (tertiary/aromatic N) is 5. The highest BCUT2D eigenvalue weighted by atomic mass is 16.5. The van der Waals surface area contributed by atoms with Crippen LogP contribution in [0.1, 0.15) is 13.3 Å². The summed E-state index contributed by atoms with van der Waals surface area (Å²) < 4.78 is 4.89. The predicted molar refractivity (Wildman–Crippen MR) is 58.9 cm³/mol. The molecule has 1 rings (SSSR count). The third kappa shape index (κ3) is 2.70. The van der Waals surface area contributed by atoms with Crippen molar-refractivity contribution in [2.45, 2.75) is 19.4 Å². The molecule has 0 aliphatic heterocycles. The van der Waals surface area contributed by atoms with Gasteiger partial charge in [-0.25, -0.2) is 0 Å². The molecular formula is C9H14N6O. The predicted octanol–water partition coefficient (Wildman–Crippen LogP) is 0.201. The molecule has 0 radical (unpaired) electrons. The monoisotopic (exact) mass is 222 g/mol. The van der Waals surface area contributed by atoms with Crippen molar-refractivity contribution in [3.63, 3.8) is 0 Å². The second kappa shape index (κ2) is 5.11. The van der Waals surface area contributed by atoms with Crippen LogP contribution in [0.25, 0.3) is 0 Å². The summed E-state index contributed by atoms with van der Waals surface area (Å²) in [5.74, 6) is 0.491. The third-order valence-corrected chi connectivity index (χ3v) is 2.17. The highest BCUT2D eigenvalue weighted by molar-refractivity contribution is 5.36. The van der Waals surface area contributed by atoms with Gasteiger partial charge in [-0.1, -0.05) is 0 Å². The molecule has 0 fully saturated rings. The summed E-state index contributed by atoms with van der Waals surface area (Å²) in [6.07, 6.45) is 0.379. The standard InChI is InChI=1S/C9H14N6O/c1-6(4-5-10)15(2)8-12-7(11)13-9(14-8)16-3/h6H,4H2,1-3H3,(H2,11,12,13,14). The number of aromatic nitrogens is 3. The van der Waals surface area contributed by atoms with Crippen molar-refractivity contribution < 1.29 is 4.74 Å². The first-order valence-corrected chi connectivity index (χ1v) is 4.73. The van der Waals surface area contributed by atoms with Gasteiger partial charge in [-0.3, -0.25) is 0 Å². The third-order valence-electron chi connectivity index (χ3n) is 2.17. The van der Waals surface area contributed by atoms with Crippen LogP contribution in [0.15, 0.2) is 0 Å². The Kier molecular flexibility index (Phi) is 3.83. The molecule has 7 heteroatoms. The largest absolute Gasteiger partial charge is 0.467 e. The minimum Gasteiger partial charge on any atom is -0.467 e. The molecule has 16 heavy (non-hydrogen) atoms. The lowest BCUT2D eigenvalue weighted by atomic mass is 10.2. The Morgan fingerprint density at radius 2 is 2.19 bits per heavy atom. The van der Waals surface area contributed by atoms with E-state index in [1.165, 1.54) is 7.11 Å². The molecule has 0 saturated carbocycles. The van der Waals surface area contributed by atoms with E-state index in [9.17, 15) is 0 Å². The average molecular weight is 222 g/mol. The van der Waals surface area contributed by atoms with Crippen LogP contribution < -0.4 is 15.4 Å². The Morgan fingerprint density at radius 1 is 1.50 bits per heavy atom. The highest BCUT2D eigenvalue weighted by Crippen LogP contribution is 2.14. The molecule has 1 atom stereocenters. The number of hydrogen-bond acceptors (Lipinski definition) is 7. The molecule has 0 aromatic carbocycles. The molecule has 1 aromatic rings. The molecule has 0 spiro atoms. The van der Waals surface area contributed by atoms with Crippen LogP contribution in [0.4, 0.5) is 11.9 Å². The topological polar surface area (TPSA) is 101 Å². The van der Waals surface area contributed by atoms with Gasteiger partial charge in [0.05, 0.1) is 19.6 Å². The van der Waals surface area contributed by atoms with Crippen LogP contribution in [0.5, 0.6) is 6.01 Å². The van der Waals surface area contributed by atoms with Gasteiger partial charge in [-0.2, -0.15) is 20.2 Å². The van der Waals surface area contributed by atoms with Crippen molar-refractivity contribution in [2.24, 2.45) is 0 Å². The van der Waals surface area contributed by atoms with Crippen molar-refractivity contribution in [3.05, 3.63) is 0 Å². The molecule has 7 nitrogen and oxygen atoms in total. The van der Waals surface area contributed by atoms with Gasteiger partial charge in [0, 0.05) is 13.1 Å². The molecular weight excluding hydrogens is 208 g/mol. The molecule has 0 bridgehead atoms. The summed E-state index contributed by atoms with van der Waals surface area (Å²) in [4.78, 5) is 13.6. The van der Waals surface area contributed by atoms with Crippen molar-refractivity contribution in [1.82, 2.24) is 15.0 Å². The van der Waals surface area contributed by atoms with E-state index in [0.29, 0.717) is 12.4 Å². The van der Waals surface area contributed by atoms with E-state index in [1.807, 2.05) is 6.92 Å². The maximum atomic E-state index is 8.61. The first-order chi connectivity index (χ1) is 7.58. The van der Waals surface area contributed by atoms with Gasteiger partial charge in [0.25, 0.3) is 0 Å². The lowest BCUT2D eigenvalue weighted by molar-refractivity contribution is 0.378. The number of hydrogen-bond donors (Lipinski definition) is 1. The smallest absolute Gasteiger partial charge is 0.322 e. The summed E-state index contributed by atoms with van der Waals surface area (Å²) >= 11 is 0. The van der Waals surface area contributed by atoms with E-state index in [2.05, 4.69) is 21.0 Å². The number of nitrogen functional groups attached to an aromatic ring is 1. The lowest BCUT2D eigenvalue weighted by Gasteiger charge is -2.22. The lowest BCUT2D eigenvalue weighted by Crippen LogP contribution is -2.30. The van der Waals surface area contributed by atoms with E-state index in [1.54, 1.807) is 11.9 Å². The van der Waals surface area contributed by atoms with Crippen LogP contribution in [-0.4, -0.2) is 35.2 Å². The molecule has 0 aliphatic carbocycles. The molecule has 86 valence electrons. The van der Waals surface area contributed by atoms with E-state index >= 15 is 0 Å². The number of nitriles is 1. The molecule has 0 aliphatic rings. The van der Waals surface area contributed by atoms with E-state index in [-0.39, 0.29) is 18.0 Å². The Bertz CT molecular complexity index is 401. The second-order valence-electron chi connectivity index (χ2n) is 3.30. The average Bonchev–Trinajstić information content (AvgIpc) is 2.27. The molecule has 0 saturated heterocycles. The summed E-state index contributed by atoms with van der Waals surface area (Å²) in [5.41, 5.74) is 5.51. The molecule has 2 N–H and O–H groups in total. The minimum atomic E-state index is -0.00324. The van der Waals surface area contributed by atoms with Gasteiger partial charge in [-0.15, -0.1) is 0 Å². The maximum absolute atomic E-state index is 8.61. The fourth-order valence-corrected chi connectivity index (χ4v) is 1.08. The van der Waals surface area contributed by atoms with E-state index in [0.717, 1.165) is 0 Å². The molecule has 0 amide bonds. The van der Waals surface area contributed by atoms with Crippen molar-refractivity contribution in [1.29, 1.82) is 5.26 Å². The molecule has 1 aromatic heterocycles. The summed E-state index contributed by atoms with van der Waals surface area (Å²) in [7, 11) is 3.24. The first kappa shape index (κ1) is 12.0. The Hall–Kier alpha value is -2.10. The SMILES string of the molecule is COc1nc(N)nc(N(C)C(C)CC#N)n1. The van der Waals surface area contributed by atoms with Crippen molar-refractivity contribution in [2.75, 3.05) is 24.8 Å². The number of nitrogens with two attached hydrogens (primary N) is 1. The quantitative estimate of drug-likeness (QED) is 0.776. The fourth-order valence-electron chi connectivity index (χ4n) is 1.08. The van der Waals surface area contributed by atoms with Crippen LogP contribution in [0.2, 0.25) is 0 Å². The van der Waals surface area contributed by atoms with E-state index < -0.39 is 0 Å². The summed E-state index contributed by atoms with van der Waals surface area (Å²) in [5, 5.41) is 8.61. The van der Waals surface area contributed by atoms with Crippen LogP contribution in [-0.2, 0) is 0 Å². The van der Waals surface area contributed by atoms with Crippen LogP contribution in [0, 0.1) is 11.3 Å². The molecule has 1 unspecified atom stereocenters. The Balaban J connectivity index is 2.95. The number of ether oxygens (including phenoxy) is 1. The maximum Gasteiger partial charge on any atom is 0.322 e. The molecule has 1 heterocycles. The highest BCUT2D eigenvalue weighted by Gasteiger charge is 2.14. The van der Waals surface area contributed by atoms with Gasteiger partial charge >= 0.3 is 6.01 Å². The van der Waals surface area contributed by atoms with Gasteiger partial charge in [0.2, 0.25) is 11.9 Å². The van der Waals surface area contributed by atoms with Gasteiger partial charge < -0.3 is 15.4 Å². The fraction of sp³-hybridized carbons (Fsp3) is 0.556. The zero-order valence-corrected chi connectivity index (χ0v) is 9.51.